The molecule has 13 heavy (non-hydrogen) atoms. The molecule has 2 N–H and O–H groups in total. The van der Waals surface area contributed by atoms with Crippen LogP contribution >= 0.6 is 0 Å². The van der Waals surface area contributed by atoms with E-state index in [9.17, 15) is 4.79 Å². The van der Waals surface area contributed by atoms with Crippen LogP contribution in [0.25, 0.3) is 0 Å². The molecule has 0 radical (unpaired) electrons. The number of nitrogens with two attached hydrogens (primary N) is 1. The standard InChI is InChI=1S/C10H20N2O/c1-3-9(11)10(13)12(2)7-8-5-4-6-8/h8-9H,3-7,11H2,1-2H3. The molecule has 3 nitrogen and oxygen atoms in total. The van der Waals surface area contributed by atoms with Crippen molar-refractivity contribution in [2.75, 3.05) is 13.6 Å². The topological polar surface area (TPSA) is 46.3 Å². The van der Waals surface area contributed by atoms with Crippen molar-refractivity contribution in [3.8, 4) is 0 Å². The fourth-order valence-corrected chi connectivity index (χ4v) is 1.61. The summed E-state index contributed by atoms with van der Waals surface area (Å²) in [6, 6.07) is -0.301. The molecule has 1 atom stereocenters. The highest BCUT2D eigenvalue weighted by Gasteiger charge is 2.23. The van der Waals surface area contributed by atoms with Gasteiger partial charge in [0.25, 0.3) is 0 Å². The van der Waals surface area contributed by atoms with Gasteiger partial charge in [-0.2, -0.15) is 0 Å². The van der Waals surface area contributed by atoms with Crippen LogP contribution in [-0.2, 0) is 4.79 Å². The van der Waals surface area contributed by atoms with Gasteiger partial charge in [0, 0.05) is 13.6 Å². The van der Waals surface area contributed by atoms with Gasteiger partial charge in [0.15, 0.2) is 0 Å². The Bertz CT molecular complexity index is 178. The third-order valence-electron chi connectivity index (χ3n) is 2.89. The first-order chi connectivity index (χ1) is 6.15. The molecule has 1 aliphatic carbocycles. The Labute approximate surface area is 80.3 Å². The molecule has 76 valence electrons. The van der Waals surface area contributed by atoms with Gasteiger partial charge in [0.1, 0.15) is 0 Å². The molecule has 1 rings (SSSR count). The van der Waals surface area contributed by atoms with E-state index in [2.05, 4.69) is 0 Å². The van der Waals surface area contributed by atoms with Crippen LogP contribution in [0.2, 0.25) is 0 Å². The Balaban J connectivity index is 2.28. The van der Waals surface area contributed by atoms with Crippen LogP contribution in [0.3, 0.4) is 0 Å². The van der Waals surface area contributed by atoms with E-state index < -0.39 is 0 Å². The van der Waals surface area contributed by atoms with Crippen LogP contribution in [0.15, 0.2) is 0 Å². The number of hydrogen-bond donors (Lipinski definition) is 1. The number of rotatable bonds is 4. The summed E-state index contributed by atoms with van der Waals surface area (Å²) in [6.07, 6.45) is 4.61. The molecule has 0 bridgehead atoms. The molecule has 0 saturated heterocycles. The van der Waals surface area contributed by atoms with Crippen LogP contribution in [-0.4, -0.2) is 30.4 Å². The quantitative estimate of drug-likeness (QED) is 0.708. The minimum absolute atomic E-state index is 0.0920. The predicted octanol–water partition coefficient (Wildman–Crippen LogP) is 0.982. The zero-order valence-corrected chi connectivity index (χ0v) is 8.62. The lowest BCUT2D eigenvalue weighted by Crippen LogP contribution is -2.44. The van der Waals surface area contributed by atoms with Gasteiger partial charge >= 0.3 is 0 Å². The first kappa shape index (κ1) is 10.5. The lowest BCUT2D eigenvalue weighted by atomic mass is 9.85. The summed E-state index contributed by atoms with van der Waals surface area (Å²) in [7, 11) is 1.86. The molecule has 1 amide bonds. The molecule has 1 fully saturated rings. The molecule has 0 spiro atoms. The molecule has 1 saturated carbocycles. The summed E-state index contributed by atoms with van der Waals surface area (Å²) < 4.78 is 0. The molecule has 0 aromatic heterocycles. The Morgan fingerprint density at radius 2 is 2.23 bits per heavy atom. The maximum absolute atomic E-state index is 11.6. The molecule has 0 aromatic rings. The predicted molar refractivity (Wildman–Crippen MR) is 53.2 cm³/mol. The Morgan fingerprint density at radius 1 is 1.62 bits per heavy atom. The van der Waals surface area contributed by atoms with Crippen LogP contribution in [0, 0.1) is 5.92 Å². The number of carbonyl (C=O) groups excluding carboxylic acids is 1. The first-order valence-corrected chi connectivity index (χ1v) is 5.15. The van der Waals surface area contributed by atoms with E-state index in [1.807, 2.05) is 14.0 Å². The highest BCUT2D eigenvalue weighted by Crippen LogP contribution is 2.26. The number of hydrogen-bond acceptors (Lipinski definition) is 2. The van der Waals surface area contributed by atoms with Crippen LogP contribution < -0.4 is 5.73 Å². The van der Waals surface area contributed by atoms with Crippen molar-refractivity contribution < 1.29 is 4.79 Å². The van der Waals surface area contributed by atoms with Crippen molar-refractivity contribution in [2.45, 2.75) is 38.6 Å². The average molecular weight is 184 g/mol. The highest BCUT2D eigenvalue weighted by atomic mass is 16.2. The summed E-state index contributed by atoms with van der Waals surface area (Å²) >= 11 is 0. The largest absolute Gasteiger partial charge is 0.344 e. The Hall–Kier alpha value is -0.570. The normalized spacial score (nSPS) is 19.3. The van der Waals surface area contributed by atoms with Crippen molar-refractivity contribution in [2.24, 2.45) is 11.7 Å². The average Bonchev–Trinajstić information content (AvgIpc) is 2.08. The third kappa shape index (κ3) is 2.69. The highest BCUT2D eigenvalue weighted by molar-refractivity contribution is 5.81. The lowest BCUT2D eigenvalue weighted by molar-refractivity contribution is -0.132. The third-order valence-corrected chi connectivity index (χ3v) is 2.89. The maximum atomic E-state index is 11.6. The van der Waals surface area contributed by atoms with Crippen molar-refractivity contribution in [3.63, 3.8) is 0 Å². The van der Waals surface area contributed by atoms with E-state index in [0.717, 1.165) is 18.9 Å². The van der Waals surface area contributed by atoms with Gasteiger partial charge in [-0.3, -0.25) is 4.79 Å². The molecular formula is C10H20N2O. The van der Waals surface area contributed by atoms with Crippen molar-refractivity contribution in [1.29, 1.82) is 0 Å². The number of amides is 1. The summed E-state index contributed by atoms with van der Waals surface area (Å²) in [5.41, 5.74) is 5.66. The molecule has 0 aromatic carbocycles. The van der Waals surface area contributed by atoms with Crippen LogP contribution in [0.4, 0.5) is 0 Å². The second-order valence-corrected chi connectivity index (χ2v) is 4.03. The van der Waals surface area contributed by atoms with Gasteiger partial charge in [-0.15, -0.1) is 0 Å². The number of likely N-dealkylation sites (N-methyl/N-ethyl adjacent to an activating group) is 1. The smallest absolute Gasteiger partial charge is 0.239 e. The van der Waals surface area contributed by atoms with Gasteiger partial charge in [-0.1, -0.05) is 13.3 Å². The van der Waals surface area contributed by atoms with Crippen LogP contribution in [0.1, 0.15) is 32.6 Å². The summed E-state index contributed by atoms with van der Waals surface area (Å²) in [5, 5.41) is 0. The van der Waals surface area contributed by atoms with E-state index in [1.54, 1.807) is 4.90 Å². The zero-order chi connectivity index (χ0) is 9.84. The van der Waals surface area contributed by atoms with Crippen molar-refractivity contribution >= 4 is 5.91 Å². The zero-order valence-electron chi connectivity index (χ0n) is 8.62. The first-order valence-electron chi connectivity index (χ1n) is 5.15. The Kier molecular flexibility index (Phi) is 3.72. The molecular weight excluding hydrogens is 164 g/mol. The van der Waals surface area contributed by atoms with E-state index in [4.69, 9.17) is 5.73 Å². The molecule has 0 aliphatic heterocycles. The van der Waals surface area contributed by atoms with Gasteiger partial charge in [0.05, 0.1) is 6.04 Å². The van der Waals surface area contributed by atoms with Gasteiger partial charge in [0.2, 0.25) is 5.91 Å². The fraction of sp³-hybridized carbons (Fsp3) is 0.900. The fourth-order valence-electron chi connectivity index (χ4n) is 1.61. The van der Waals surface area contributed by atoms with Crippen molar-refractivity contribution in [1.82, 2.24) is 4.90 Å². The minimum atomic E-state index is -0.301. The van der Waals surface area contributed by atoms with E-state index in [-0.39, 0.29) is 11.9 Å². The molecule has 3 heteroatoms. The number of carbonyl (C=O) groups is 1. The van der Waals surface area contributed by atoms with Crippen molar-refractivity contribution in [3.05, 3.63) is 0 Å². The second-order valence-electron chi connectivity index (χ2n) is 4.03. The van der Waals surface area contributed by atoms with Crippen LogP contribution in [0.5, 0.6) is 0 Å². The molecule has 0 heterocycles. The summed E-state index contributed by atoms with van der Waals surface area (Å²) in [5.74, 6) is 0.826. The van der Waals surface area contributed by atoms with E-state index >= 15 is 0 Å². The second kappa shape index (κ2) is 4.61. The summed E-state index contributed by atoms with van der Waals surface area (Å²) in [6.45, 7) is 2.84. The SMILES string of the molecule is CCC(N)C(=O)N(C)CC1CCC1. The minimum Gasteiger partial charge on any atom is -0.344 e. The summed E-state index contributed by atoms with van der Waals surface area (Å²) in [4.78, 5) is 13.3. The number of nitrogens with zero attached hydrogens (tertiary/aromatic N) is 1. The van der Waals surface area contributed by atoms with E-state index in [0.29, 0.717) is 0 Å². The van der Waals surface area contributed by atoms with Gasteiger partial charge in [-0.05, 0) is 25.2 Å². The maximum Gasteiger partial charge on any atom is 0.239 e. The Morgan fingerprint density at radius 3 is 2.62 bits per heavy atom. The molecule has 1 aliphatic rings. The van der Waals surface area contributed by atoms with E-state index in [1.165, 1.54) is 19.3 Å². The van der Waals surface area contributed by atoms with Gasteiger partial charge < -0.3 is 10.6 Å². The monoisotopic (exact) mass is 184 g/mol. The van der Waals surface area contributed by atoms with Gasteiger partial charge in [-0.25, -0.2) is 0 Å². The lowest BCUT2D eigenvalue weighted by Gasteiger charge is -2.31. The molecule has 1 unspecified atom stereocenters.